The minimum absolute atomic E-state index is 0.0754. The predicted molar refractivity (Wildman–Crippen MR) is 131 cm³/mol. The van der Waals surface area contributed by atoms with Crippen LogP contribution in [0, 0.1) is 0 Å². The van der Waals surface area contributed by atoms with Crippen molar-refractivity contribution in [1.82, 2.24) is 14.3 Å². The van der Waals surface area contributed by atoms with E-state index in [4.69, 9.17) is 0 Å². The van der Waals surface area contributed by atoms with Gasteiger partial charge in [-0.15, -0.1) is 0 Å². The molecule has 9 nitrogen and oxygen atoms in total. The molecule has 1 saturated heterocycles. The third-order valence-electron chi connectivity index (χ3n) is 6.36. The molecule has 0 unspecified atom stereocenters. The first-order valence-corrected chi connectivity index (χ1v) is 13.3. The van der Waals surface area contributed by atoms with Crippen molar-refractivity contribution in [3.8, 4) is 0 Å². The molecule has 36 heavy (non-hydrogen) atoms. The van der Waals surface area contributed by atoms with Gasteiger partial charge in [-0.3, -0.25) is 4.79 Å². The number of carbonyl (C=O) groups excluding carboxylic acids is 1. The van der Waals surface area contributed by atoms with Gasteiger partial charge in [-0.1, -0.05) is 19.1 Å². The molecule has 194 valence electrons. The van der Waals surface area contributed by atoms with E-state index in [-0.39, 0.29) is 24.2 Å². The Morgan fingerprint density at radius 2 is 1.97 bits per heavy atom. The van der Waals surface area contributed by atoms with Gasteiger partial charge in [-0.25, -0.2) is 17.7 Å². The van der Waals surface area contributed by atoms with Gasteiger partial charge >= 0.3 is 6.18 Å². The van der Waals surface area contributed by atoms with Crippen molar-refractivity contribution in [3.63, 3.8) is 0 Å². The zero-order chi connectivity index (χ0) is 26.1. The number of hydrogen-bond donors (Lipinski definition) is 3. The number of nitrogens with zero attached hydrogens (tertiary/aromatic N) is 3. The maximum absolute atomic E-state index is 13.8. The highest BCUT2D eigenvalue weighted by Gasteiger charge is 2.36. The minimum Gasteiger partial charge on any atom is -0.350 e. The van der Waals surface area contributed by atoms with Crippen LogP contribution in [0.5, 0.6) is 0 Å². The summed E-state index contributed by atoms with van der Waals surface area (Å²) in [6.07, 6.45) is 1.70. The molecule has 2 aliphatic rings. The Morgan fingerprint density at radius 3 is 2.56 bits per heavy atom. The maximum atomic E-state index is 13.8. The lowest BCUT2D eigenvalue weighted by Crippen LogP contribution is -2.31. The Kier molecular flexibility index (Phi) is 7.23. The molecule has 2 aromatic rings. The van der Waals surface area contributed by atoms with E-state index in [1.54, 1.807) is 12.1 Å². The summed E-state index contributed by atoms with van der Waals surface area (Å²) in [6.45, 7) is 3.88. The second-order valence-corrected chi connectivity index (χ2v) is 10.9. The van der Waals surface area contributed by atoms with Crippen LogP contribution in [0.1, 0.15) is 42.7 Å². The van der Waals surface area contributed by atoms with Crippen molar-refractivity contribution in [2.24, 2.45) is 0 Å². The monoisotopic (exact) mass is 524 g/mol. The number of rotatable bonds is 8. The van der Waals surface area contributed by atoms with Crippen molar-refractivity contribution in [1.29, 1.82) is 0 Å². The average Bonchev–Trinajstić information content (AvgIpc) is 3.22. The van der Waals surface area contributed by atoms with Crippen LogP contribution in [0.2, 0.25) is 0 Å². The third kappa shape index (κ3) is 5.95. The van der Waals surface area contributed by atoms with E-state index in [1.165, 1.54) is 4.31 Å². The number of aromatic nitrogens is 2. The van der Waals surface area contributed by atoms with E-state index in [2.05, 4.69) is 32.5 Å². The second-order valence-electron chi connectivity index (χ2n) is 8.96. The first kappa shape index (κ1) is 25.9. The normalized spacial score (nSPS) is 18.9. The molecule has 1 aliphatic carbocycles. The fourth-order valence-electron chi connectivity index (χ4n) is 4.17. The Balaban J connectivity index is 1.63. The van der Waals surface area contributed by atoms with Crippen molar-refractivity contribution >= 4 is 39.1 Å². The van der Waals surface area contributed by atoms with Crippen LogP contribution in [0.25, 0.3) is 0 Å². The van der Waals surface area contributed by atoms with Crippen LogP contribution in [-0.2, 0) is 21.0 Å². The topological polar surface area (TPSA) is 116 Å². The van der Waals surface area contributed by atoms with Crippen LogP contribution < -0.4 is 16.0 Å². The Labute approximate surface area is 207 Å². The first-order chi connectivity index (χ1) is 16.9. The molecular formula is C23H27F3N6O3S. The molecule has 1 atom stereocenters. The molecule has 1 aliphatic heterocycles. The number of sulfonamides is 1. The number of hydrogen-bond acceptors (Lipinski definition) is 7. The van der Waals surface area contributed by atoms with Crippen LogP contribution in [0.15, 0.2) is 37.1 Å². The fraction of sp³-hybridized carbons (Fsp3) is 0.435. The molecule has 2 fully saturated rings. The molecule has 0 radical (unpaired) electrons. The summed E-state index contributed by atoms with van der Waals surface area (Å²) < 4.78 is 66.1. The molecule has 2 heterocycles. The molecule has 0 bridgehead atoms. The number of benzene rings is 1. The largest absolute Gasteiger partial charge is 0.421 e. The second kappa shape index (κ2) is 10.1. The number of alkyl halides is 3. The minimum atomic E-state index is -4.74. The highest BCUT2D eigenvalue weighted by atomic mass is 32.2. The highest BCUT2D eigenvalue weighted by Crippen LogP contribution is 2.40. The van der Waals surface area contributed by atoms with Crippen molar-refractivity contribution < 1.29 is 26.4 Å². The standard InChI is InChI=1S/C23H27F3N6O3S/c1-3-20(33)29-19-11-15(14-5-4-6-14)7-8-18(19)30-21-17(23(24,25)26)12-27-22(31-21)28-16-9-10-32(13-16)36(2,34)35/h3,7-8,11-12,14,16H,1,4-6,9-10,13H2,2H3,(H,29,33)(H2,27,28,30,31)/t16-/m0/s1. The van der Waals surface area contributed by atoms with Gasteiger partial charge in [0, 0.05) is 25.3 Å². The van der Waals surface area contributed by atoms with Gasteiger partial charge in [0.1, 0.15) is 11.4 Å². The van der Waals surface area contributed by atoms with Gasteiger partial charge in [0.15, 0.2) is 0 Å². The van der Waals surface area contributed by atoms with Crippen LogP contribution in [0.3, 0.4) is 0 Å². The molecule has 4 rings (SSSR count). The van der Waals surface area contributed by atoms with Crippen LogP contribution >= 0.6 is 0 Å². The molecule has 13 heteroatoms. The molecule has 1 aromatic heterocycles. The smallest absolute Gasteiger partial charge is 0.350 e. The van der Waals surface area contributed by atoms with E-state index in [1.807, 2.05) is 6.07 Å². The third-order valence-corrected chi connectivity index (χ3v) is 7.63. The van der Waals surface area contributed by atoms with Crippen molar-refractivity contribution in [2.45, 2.75) is 43.8 Å². The first-order valence-electron chi connectivity index (χ1n) is 11.4. The summed E-state index contributed by atoms with van der Waals surface area (Å²) in [5, 5.41) is 8.29. The fourth-order valence-corrected chi connectivity index (χ4v) is 5.05. The molecule has 1 aromatic carbocycles. The number of nitrogens with one attached hydrogen (secondary N) is 3. The van der Waals surface area contributed by atoms with Crippen LogP contribution in [0.4, 0.5) is 36.3 Å². The summed E-state index contributed by atoms with van der Waals surface area (Å²) in [7, 11) is -3.38. The van der Waals surface area contributed by atoms with E-state index in [0.717, 1.165) is 37.2 Å². The molecule has 3 N–H and O–H groups in total. The summed E-state index contributed by atoms with van der Waals surface area (Å²) in [5.41, 5.74) is 0.447. The van der Waals surface area contributed by atoms with E-state index in [0.29, 0.717) is 30.8 Å². The molecular weight excluding hydrogens is 497 g/mol. The Bertz CT molecular complexity index is 1260. The van der Waals surface area contributed by atoms with Gasteiger partial charge < -0.3 is 16.0 Å². The SMILES string of the molecule is C=CC(=O)Nc1cc(C2CCC2)ccc1Nc1nc(N[C@H]2CCN(S(C)(=O)=O)C2)ncc1C(F)(F)F. The maximum Gasteiger partial charge on any atom is 0.421 e. The van der Waals surface area contributed by atoms with Crippen molar-refractivity contribution in [2.75, 3.05) is 35.3 Å². The lowest BCUT2D eigenvalue weighted by molar-refractivity contribution is -0.137. The summed E-state index contributed by atoms with van der Waals surface area (Å²) in [4.78, 5) is 19.9. The van der Waals surface area contributed by atoms with Gasteiger partial charge in [0.05, 0.1) is 17.6 Å². The van der Waals surface area contributed by atoms with Gasteiger partial charge in [-0.2, -0.15) is 18.2 Å². The summed E-state index contributed by atoms with van der Waals surface area (Å²) in [5.74, 6) is -0.726. The molecule has 0 spiro atoms. The zero-order valence-corrected chi connectivity index (χ0v) is 20.4. The Morgan fingerprint density at radius 1 is 1.22 bits per heavy atom. The number of carbonyl (C=O) groups is 1. The van der Waals surface area contributed by atoms with Gasteiger partial charge in [0.2, 0.25) is 21.9 Å². The quantitative estimate of drug-likeness (QED) is 0.446. The lowest BCUT2D eigenvalue weighted by Gasteiger charge is -2.27. The summed E-state index contributed by atoms with van der Waals surface area (Å²) in [6, 6.07) is 4.83. The zero-order valence-electron chi connectivity index (χ0n) is 19.6. The number of halogens is 3. The lowest BCUT2D eigenvalue weighted by atomic mass is 9.80. The van der Waals surface area contributed by atoms with E-state index in [9.17, 15) is 26.4 Å². The van der Waals surface area contributed by atoms with Gasteiger partial charge in [0.25, 0.3) is 0 Å². The van der Waals surface area contributed by atoms with E-state index >= 15 is 0 Å². The summed E-state index contributed by atoms with van der Waals surface area (Å²) >= 11 is 0. The molecule has 1 amide bonds. The average molecular weight is 525 g/mol. The number of anilines is 4. The number of amides is 1. The van der Waals surface area contributed by atoms with E-state index < -0.39 is 33.5 Å². The Hall–Kier alpha value is -3.19. The highest BCUT2D eigenvalue weighted by molar-refractivity contribution is 7.88. The van der Waals surface area contributed by atoms with Crippen LogP contribution in [-0.4, -0.2) is 54.0 Å². The predicted octanol–water partition coefficient (Wildman–Crippen LogP) is 4.08. The van der Waals surface area contributed by atoms with Gasteiger partial charge in [-0.05, 0) is 49.0 Å². The van der Waals surface area contributed by atoms with Crippen molar-refractivity contribution in [3.05, 3.63) is 48.2 Å². The molecule has 1 saturated carbocycles.